The summed E-state index contributed by atoms with van der Waals surface area (Å²) in [5.74, 6) is 0.104. The zero-order valence-electron chi connectivity index (χ0n) is 14.9. The third-order valence-corrected chi connectivity index (χ3v) is 4.96. The molecule has 1 aromatic heterocycles. The summed E-state index contributed by atoms with van der Waals surface area (Å²) in [5, 5.41) is 3.15. The summed E-state index contributed by atoms with van der Waals surface area (Å²) < 4.78 is 5.36. The van der Waals surface area contributed by atoms with Gasteiger partial charge in [-0.05, 0) is 36.0 Å². The number of aromatic amines is 1. The van der Waals surface area contributed by atoms with E-state index in [0.29, 0.717) is 17.0 Å². The third-order valence-electron chi connectivity index (χ3n) is 4.96. The zero-order chi connectivity index (χ0) is 18.3. The van der Waals surface area contributed by atoms with Crippen molar-refractivity contribution < 1.29 is 9.21 Å². The van der Waals surface area contributed by atoms with Crippen molar-refractivity contribution in [2.75, 3.05) is 0 Å². The van der Waals surface area contributed by atoms with Crippen LogP contribution in [0.1, 0.15) is 55.3 Å². The van der Waals surface area contributed by atoms with Crippen LogP contribution in [-0.4, -0.2) is 10.9 Å². The number of oxazole rings is 1. The molecule has 4 rings (SSSR count). The number of hydrogen-bond donors (Lipinski definition) is 2. The van der Waals surface area contributed by atoms with Crippen LogP contribution in [0.5, 0.6) is 0 Å². The summed E-state index contributed by atoms with van der Waals surface area (Å²) in [7, 11) is 0. The fourth-order valence-corrected chi connectivity index (χ4v) is 3.24. The number of carbonyl (C=O) groups is 1. The number of nitrogens with one attached hydrogen (secondary N) is 2. The second kappa shape index (κ2) is 6.48. The molecule has 5 heteroatoms. The number of aromatic nitrogens is 1. The summed E-state index contributed by atoms with van der Waals surface area (Å²) in [4.78, 5) is 26.8. The minimum Gasteiger partial charge on any atom is -0.407 e. The number of H-pyrrole nitrogens is 1. The Morgan fingerprint density at radius 2 is 1.81 bits per heavy atom. The van der Waals surface area contributed by atoms with E-state index in [2.05, 4.69) is 36.3 Å². The van der Waals surface area contributed by atoms with E-state index in [1.54, 1.807) is 6.07 Å². The molecule has 1 saturated carbocycles. The first-order valence-electron chi connectivity index (χ1n) is 9.05. The molecule has 2 N–H and O–H groups in total. The molecule has 0 saturated heterocycles. The van der Waals surface area contributed by atoms with Crippen molar-refractivity contribution >= 4 is 17.0 Å². The number of hydrogen-bond acceptors (Lipinski definition) is 3. The number of carbonyl (C=O) groups excluding carboxylic acids is 1. The first kappa shape index (κ1) is 16.6. The monoisotopic (exact) mass is 350 g/mol. The number of fused-ring (bicyclic) bond motifs is 1. The Kier molecular flexibility index (Phi) is 4.15. The predicted molar refractivity (Wildman–Crippen MR) is 100 cm³/mol. The normalized spacial score (nSPS) is 15.3. The summed E-state index contributed by atoms with van der Waals surface area (Å²) >= 11 is 0. The van der Waals surface area contributed by atoms with Crippen molar-refractivity contribution in [3.8, 4) is 0 Å². The molecule has 1 atom stereocenters. The van der Waals surface area contributed by atoms with Crippen LogP contribution in [0.3, 0.4) is 0 Å². The molecule has 0 aliphatic heterocycles. The molecule has 1 aliphatic rings. The van der Waals surface area contributed by atoms with Gasteiger partial charge in [0, 0.05) is 11.5 Å². The van der Waals surface area contributed by atoms with Crippen molar-refractivity contribution in [1.29, 1.82) is 0 Å². The second-order valence-electron chi connectivity index (χ2n) is 7.28. The van der Waals surface area contributed by atoms with Gasteiger partial charge in [0.05, 0.1) is 11.6 Å². The van der Waals surface area contributed by atoms with E-state index in [-0.39, 0.29) is 17.9 Å². The number of amides is 1. The van der Waals surface area contributed by atoms with Crippen LogP contribution in [0.2, 0.25) is 0 Å². The molecule has 1 heterocycles. The topological polar surface area (TPSA) is 75.1 Å². The molecular formula is C21H22N2O3. The number of benzene rings is 2. The largest absolute Gasteiger partial charge is 0.417 e. The zero-order valence-corrected chi connectivity index (χ0v) is 14.9. The Balaban J connectivity index is 1.79. The van der Waals surface area contributed by atoms with Crippen LogP contribution >= 0.6 is 0 Å². The second-order valence-corrected chi connectivity index (χ2v) is 7.28. The lowest BCUT2D eigenvalue weighted by Gasteiger charge is -2.20. The molecule has 0 bridgehead atoms. The van der Waals surface area contributed by atoms with E-state index in [1.807, 2.05) is 24.3 Å². The van der Waals surface area contributed by atoms with Gasteiger partial charge in [0.15, 0.2) is 5.58 Å². The maximum Gasteiger partial charge on any atom is 0.417 e. The highest BCUT2D eigenvalue weighted by atomic mass is 16.4. The summed E-state index contributed by atoms with van der Waals surface area (Å²) in [6.45, 7) is 4.30. The average molecular weight is 350 g/mol. The van der Waals surface area contributed by atoms with Crippen molar-refractivity contribution in [1.82, 2.24) is 10.3 Å². The minimum absolute atomic E-state index is 0.0535. The highest BCUT2D eigenvalue weighted by Gasteiger charge is 2.32. The maximum absolute atomic E-state index is 12.5. The summed E-state index contributed by atoms with van der Waals surface area (Å²) in [5.41, 5.74) is 4.13. The molecule has 1 aliphatic carbocycles. The lowest BCUT2D eigenvalue weighted by Crippen LogP contribution is -2.30. The van der Waals surface area contributed by atoms with Crippen LogP contribution < -0.4 is 11.1 Å². The third kappa shape index (κ3) is 3.17. The Bertz CT molecular complexity index is 994. The quantitative estimate of drug-likeness (QED) is 0.734. The first-order valence-corrected chi connectivity index (χ1v) is 9.05. The molecular weight excluding hydrogens is 328 g/mol. The van der Waals surface area contributed by atoms with Gasteiger partial charge < -0.3 is 9.73 Å². The van der Waals surface area contributed by atoms with Gasteiger partial charge in [-0.1, -0.05) is 50.2 Å². The fourth-order valence-electron chi connectivity index (χ4n) is 3.24. The summed E-state index contributed by atoms with van der Waals surface area (Å²) in [6, 6.07) is 13.5. The van der Waals surface area contributed by atoms with E-state index in [4.69, 9.17) is 4.42 Å². The number of rotatable bonds is 5. The van der Waals surface area contributed by atoms with Gasteiger partial charge in [-0.2, -0.15) is 0 Å². The van der Waals surface area contributed by atoms with E-state index in [1.165, 1.54) is 5.56 Å². The number of para-hydroxylation sites is 1. The molecule has 5 nitrogen and oxygen atoms in total. The Morgan fingerprint density at radius 3 is 2.46 bits per heavy atom. The molecule has 26 heavy (non-hydrogen) atoms. The molecule has 2 aromatic carbocycles. The maximum atomic E-state index is 12.5. The van der Waals surface area contributed by atoms with Gasteiger partial charge in [0.25, 0.3) is 0 Å². The van der Waals surface area contributed by atoms with Gasteiger partial charge >= 0.3 is 5.76 Å². The molecule has 134 valence electrons. The predicted octanol–water partition coefficient (Wildman–Crippen LogP) is 3.86. The smallest absolute Gasteiger partial charge is 0.407 e. The van der Waals surface area contributed by atoms with Gasteiger partial charge in [-0.25, -0.2) is 4.79 Å². The van der Waals surface area contributed by atoms with Crippen molar-refractivity contribution in [2.45, 2.75) is 38.6 Å². The van der Waals surface area contributed by atoms with E-state index in [9.17, 15) is 9.59 Å². The van der Waals surface area contributed by atoms with Crippen molar-refractivity contribution in [2.24, 2.45) is 5.92 Å². The van der Waals surface area contributed by atoms with E-state index < -0.39 is 5.76 Å². The molecule has 0 spiro atoms. The van der Waals surface area contributed by atoms with Crippen molar-refractivity contribution in [3.63, 3.8) is 0 Å². The van der Waals surface area contributed by atoms with Crippen molar-refractivity contribution in [3.05, 3.63) is 69.7 Å². The highest BCUT2D eigenvalue weighted by Crippen LogP contribution is 2.33. The molecule has 1 fully saturated rings. The summed E-state index contributed by atoms with van der Waals surface area (Å²) in [6.07, 6.45) is 1.88. The van der Waals surface area contributed by atoms with Crippen LogP contribution in [0.15, 0.2) is 51.7 Å². The van der Waals surface area contributed by atoms with Gasteiger partial charge in [0.2, 0.25) is 5.91 Å². The molecule has 3 aromatic rings. The fraction of sp³-hybridized carbons (Fsp3) is 0.333. The lowest BCUT2D eigenvalue weighted by molar-refractivity contribution is -0.122. The van der Waals surface area contributed by atoms with Crippen LogP contribution in [-0.2, 0) is 4.79 Å². The van der Waals surface area contributed by atoms with E-state index >= 15 is 0 Å². The Hall–Kier alpha value is -2.82. The van der Waals surface area contributed by atoms with Gasteiger partial charge in [-0.3, -0.25) is 9.78 Å². The van der Waals surface area contributed by atoms with Crippen LogP contribution in [0, 0.1) is 5.92 Å². The average Bonchev–Trinajstić information content (AvgIpc) is 3.40. The highest BCUT2D eigenvalue weighted by molar-refractivity contribution is 5.83. The first-order chi connectivity index (χ1) is 12.5. The lowest BCUT2D eigenvalue weighted by atomic mass is 9.94. The Morgan fingerprint density at radius 1 is 1.12 bits per heavy atom. The van der Waals surface area contributed by atoms with Crippen LogP contribution in [0.4, 0.5) is 0 Å². The Labute approximate surface area is 151 Å². The van der Waals surface area contributed by atoms with Gasteiger partial charge in [0.1, 0.15) is 0 Å². The molecule has 0 radical (unpaired) electrons. The SMILES string of the molecule is CC(C)c1ccc(C(NC(=O)C2CC2)c2cccc3[nH]c(=O)oc23)cc1. The van der Waals surface area contributed by atoms with Crippen LogP contribution in [0.25, 0.3) is 11.1 Å². The van der Waals surface area contributed by atoms with Gasteiger partial charge in [-0.15, -0.1) is 0 Å². The molecule has 1 unspecified atom stereocenters. The van der Waals surface area contributed by atoms with E-state index in [0.717, 1.165) is 24.0 Å². The standard InChI is InChI=1S/C21H22N2O3/c1-12(2)13-6-8-14(9-7-13)18(23-20(24)15-10-11-15)16-4-3-5-17-19(16)26-21(25)22-17/h3-9,12,15,18H,10-11H2,1-2H3,(H,22,25)(H,23,24). The minimum atomic E-state index is -0.491. The molecule has 1 amide bonds.